The van der Waals surface area contributed by atoms with E-state index in [0.717, 1.165) is 36.8 Å². The molecule has 4 N–H and O–H groups in total. The number of nitrogens with two attached hydrogens (primary N) is 1. The fourth-order valence-electron chi connectivity index (χ4n) is 2.78. The third-order valence-electron chi connectivity index (χ3n) is 4.17. The Kier molecular flexibility index (Phi) is 3.75. The van der Waals surface area contributed by atoms with Crippen molar-refractivity contribution in [2.24, 2.45) is 16.3 Å². The molecule has 0 atom stereocenters. The van der Waals surface area contributed by atoms with Gasteiger partial charge in [-0.15, -0.1) is 0 Å². The molecular weight excluding hydrogens is 264 g/mol. The van der Waals surface area contributed by atoms with Gasteiger partial charge in [-0.2, -0.15) is 0 Å². The predicted molar refractivity (Wildman–Crippen MR) is 83.1 cm³/mol. The maximum absolute atomic E-state index is 8.68. The Morgan fingerprint density at radius 2 is 2.14 bits per heavy atom. The monoisotopic (exact) mass is 284 g/mol. The average Bonchev–Trinajstić information content (AvgIpc) is 3.27. The van der Waals surface area contributed by atoms with E-state index < -0.39 is 0 Å². The van der Waals surface area contributed by atoms with E-state index in [0.29, 0.717) is 12.3 Å². The molecule has 1 aliphatic rings. The molecule has 1 fully saturated rings. The number of nitrogens with zero attached hydrogens (tertiary/aromatic N) is 2. The van der Waals surface area contributed by atoms with Crippen molar-refractivity contribution in [3.05, 3.63) is 42.1 Å². The zero-order valence-corrected chi connectivity index (χ0v) is 11.9. The fraction of sp³-hybridized carbons (Fsp3) is 0.375. The second-order valence-electron chi connectivity index (χ2n) is 5.86. The zero-order valence-electron chi connectivity index (χ0n) is 11.9. The molecule has 5 heteroatoms. The maximum atomic E-state index is 8.68. The van der Waals surface area contributed by atoms with Crippen LogP contribution in [-0.4, -0.2) is 22.6 Å². The van der Waals surface area contributed by atoms with Crippen molar-refractivity contribution in [3.63, 3.8) is 0 Å². The lowest BCUT2D eigenvalue weighted by molar-refractivity contribution is 0.314. The van der Waals surface area contributed by atoms with Gasteiger partial charge < -0.3 is 16.3 Å². The summed E-state index contributed by atoms with van der Waals surface area (Å²) >= 11 is 0. The quantitative estimate of drug-likeness (QED) is 0.329. The smallest absolute Gasteiger partial charge is 0.139 e. The van der Waals surface area contributed by atoms with Crippen LogP contribution in [0.5, 0.6) is 0 Å². The molecule has 1 aromatic carbocycles. The van der Waals surface area contributed by atoms with Gasteiger partial charge in [-0.25, -0.2) is 0 Å². The summed E-state index contributed by atoms with van der Waals surface area (Å²) in [6.45, 7) is 1.67. The Morgan fingerprint density at radius 3 is 2.90 bits per heavy atom. The molecule has 110 valence electrons. The molecule has 2 aromatic rings. The lowest BCUT2D eigenvalue weighted by Gasteiger charge is -2.15. The highest BCUT2D eigenvalue weighted by atomic mass is 16.4. The van der Waals surface area contributed by atoms with E-state index in [1.807, 2.05) is 12.3 Å². The van der Waals surface area contributed by atoms with Gasteiger partial charge in [-0.05, 0) is 29.9 Å². The Labute approximate surface area is 123 Å². The fourth-order valence-corrected chi connectivity index (χ4v) is 2.78. The first kappa shape index (κ1) is 13.8. The third kappa shape index (κ3) is 3.13. The van der Waals surface area contributed by atoms with Gasteiger partial charge in [-0.3, -0.25) is 4.98 Å². The predicted octanol–water partition coefficient (Wildman–Crippen LogP) is 2.24. The van der Waals surface area contributed by atoms with Gasteiger partial charge in [0, 0.05) is 31.1 Å². The zero-order chi connectivity index (χ0) is 14.7. The maximum Gasteiger partial charge on any atom is 0.139 e. The molecule has 0 unspecified atom stereocenters. The molecule has 1 heterocycles. The van der Waals surface area contributed by atoms with Crippen molar-refractivity contribution in [1.29, 1.82) is 0 Å². The van der Waals surface area contributed by atoms with E-state index in [4.69, 9.17) is 10.9 Å². The first-order chi connectivity index (χ1) is 10.2. The number of rotatable bonds is 6. The molecule has 0 aliphatic heterocycles. The van der Waals surface area contributed by atoms with E-state index in [2.05, 4.69) is 39.7 Å². The largest absolute Gasteiger partial charge is 0.409 e. The van der Waals surface area contributed by atoms with E-state index >= 15 is 0 Å². The number of oxime groups is 1. The van der Waals surface area contributed by atoms with Crippen molar-refractivity contribution in [2.45, 2.75) is 25.8 Å². The van der Waals surface area contributed by atoms with E-state index in [9.17, 15) is 0 Å². The SMILES string of the molecule is N/C(CC1(CNCc2cccc3cccnc23)CC1)=N/O. The van der Waals surface area contributed by atoms with E-state index in [-0.39, 0.29) is 5.41 Å². The Hall–Kier alpha value is -2.14. The minimum absolute atomic E-state index is 0.175. The molecule has 0 spiro atoms. The highest BCUT2D eigenvalue weighted by Gasteiger charge is 2.42. The number of pyridine rings is 1. The number of amidine groups is 1. The summed E-state index contributed by atoms with van der Waals surface area (Å²) in [4.78, 5) is 4.46. The molecule has 3 rings (SSSR count). The average molecular weight is 284 g/mol. The first-order valence-corrected chi connectivity index (χ1v) is 7.22. The Morgan fingerprint density at radius 1 is 1.33 bits per heavy atom. The summed E-state index contributed by atoms with van der Waals surface area (Å²) in [6, 6.07) is 10.3. The second-order valence-corrected chi connectivity index (χ2v) is 5.86. The lowest BCUT2D eigenvalue weighted by atomic mass is 10.0. The lowest BCUT2D eigenvalue weighted by Crippen LogP contribution is -2.28. The molecule has 0 amide bonds. The van der Waals surface area contributed by atoms with Crippen molar-refractivity contribution >= 4 is 16.7 Å². The van der Waals surface area contributed by atoms with Crippen LogP contribution in [0.15, 0.2) is 41.7 Å². The van der Waals surface area contributed by atoms with Gasteiger partial charge in [0.25, 0.3) is 0 Å². The molecule has 5 nitrogen and oxygen atoms in total. The second kappa shape index (κ2) is 5.69. The van der Waals surface area contributed by atoms with Gasteiger partial charge in [-0.1, -0.05) is 29.4 Å². The topological polar surface area (TPSA) is 83.5 Å². The highest BCUT2D eigenvalue weighted by Crippen LogP contribution is 2.48. The molecule has 1 aromatic heterocycles. The van der Waals surface area contributed by atoms with Crippen LogP contribution in [0.1, 0.15) is 24.8 Å². The summed E-state index contributed by atoms with van der Waals surface area (Å²) in [5.41, 5.74) is 8.04. The van der Waals surface area contributed by atoms with Crippen LogP contribution in [0.4, 0.5) is 0 Å². The number of fused-ring (bicyclic) bond motifs is 1. The van der Waals surface area contributed by atoms with Crippen molar-refractivity contribution in [1.82, 2.24) is 10.3 Å². The number of benzene rings is 1. The standard InChI is InChI=1S/C16H20N4O/c17-14(20-21)9-16(6-7-16)11-18-10-13-4-1-3-12-5-2-8-19-15(12)13/h1-5,8,18,21H,6-7,9-11H2,(H2,17,20). The number of hydrogen-bond donors (Lipinski definition) is 3. The minimum Gasteiger partial charge on any atom is -0.409 e. The van der Waals surface area contributed by atoms with Gasteiger partial charge in [0.1, 0.15) is 5.84 Å². The number of para-hydroxylation sites is 1. The normalized spacial score (nSPS) is 17.0. The molecule has 0 radical (unpaired) electrons. The summed E-state index contributed by atoms with van der Waals surface area (Å²) < 4.78 is 0. The number of hydrogen-bond acceptors (Lipinski definition) is 4. The van der Waals surface area contributed by atoms with Gasteiger partial charge in [0.05, 0.1) is 5.52 Å². The van der Waals surface area contributed by atoms with Crippen LogP contribution in [0, 0.1) is 5.41 Å². The Balaban J connectivity index is 1.63. The number of aromatic nitrogens is 1. The van der Waals surface area contributed by atoms with Crippen molar-refractivity contribution in [2.75, 3.05) is 6.54 Å². The third-order valence-corrected chi connectivity index (χ3v) is 4.17. The summed E-state index contributed by atoms with van der Waals surface area (Å²) in [5, 5.41) is 16.4. The minimum atomic E-state index is 0.175. The van der Waals surface area contributed by atoms with Crippen LogP contribution in [0.25, 0.3) is 10.9 Å². The molecule has 1 aliphatic carbocycles. The van der Waals surface area contributed by atoms with Crippen LogP contribution in [-0.2, 0) is 6.54 Å². The van der Waals surface area contributed by atoms with Crippen LogP contribution < -0.4 is 11.1 Å². The van der Waals surface area contributed by atoms with E-state index in [1.165, 1.54) is 5.56 Å². The van der Waals surface area contributed by atoms with E-state index in [1.54, 1.807) is 0 Å². The summed E-state index contributed by atoms with van der Waals surface area (Å²) in [5.74, 6) is 0.320. The molecule has 21 heavy (non-hydrogen) atoms. The van der Waals surface area contributed by atoms with Gasteiger partial charge in [0.2, 0.25) is 0 Å². The van der Waals surface area contributed by atoms with Crippen LogP contribution in [0.2, 0.25) is 0 Å². The first-order valence-electron chi connectivity index (χ1n) is 7.22. The van der Waals surface area contributed by atoms with Crippen molar-refractivity contribution in [3.8, 4) is 0 Å². The molecule has 0 bridgehead atoms. The molecular formula is C16H20N4O. The molecule has 0 saturated heterocycles. The number of nitrogens with one attached hydrogen (secondary N) is 1. The van der Waals surface area contributed by atoms with Crippen LogP contribution in [0.3, 0.4) is 0 Å². The summed E-state index contributed by atoms with van der Waals surface area (Å²) in [6.07, 6.45) is 4.74. The summed E-state index contributed by atoms with van der Waals surface area (Å²) in [7, 11) is 0. The molecule has 1 saturated carbocycles. The van der Waals surface area contributed by atoms with Gasteiger partial charge >= 0.3 is 0 Å². The van der Waals surface area contributed by atoms with Crippen molar-refractivity contribution < 1.29 is 5.21 Å². The van der Waals surface area contributed by atoms with Gasteiger partial charge in [0.15, 0.2) is 0 Å². The van der Waals surface area contributed by atoms with Crippen LogP contribution >= 0.6 is 0 Å². The highest BCUT2D eigenvalue weighted by molar-refractivity contribution is 5.81. The Bertz CT molecular complexity index is 659.